The second-order valence-corrected chi connectivity index (χ2v) is 9.07. The van der Waals surface area contributed by atoms with Crippen molar-refractivity contribution in [3.8, 4) is 0 Å². The van der Waals surface area contributed by atoms with Gasteiger partial charge < -0.3 is 0 Å². The van der Waals surface area contributed by atoms with Crippen LogP contribution in [-0.2, 0) is 18.1 Å². The van der Waals surface area contributed by atoms with Gasteiger partial charge in [0.25, 0.3) is 0 Å². The van der Waals surface area contributed by atoms with Crippen LogP contribution in [0.15, 0.2) is 0 Å². The van der Waals surface area contributed by atoms with Gasteiger partial charge >= 0.3 is 7.82 Å². The molecule has 3 aliphatic rings. The Balaban J connectivity index is 1.61. The monoisotopic (exact) mass is 344 g/mol. The molecule has 3 saturated carbocycles. The zero-order chi connectivity index (χ0) is 16.0. The van der Waals surface area contributed by atoms with E-state index < -0.39 is 7.82 Å². The first-order valence-electron chi connectivity index (χ1n) is 9.89. The van der Waals surface area contributed by atoms with Crippen molar-refractivity contribution in [3.05, 3.63) is 0 Å². The predicted octanol–water partition coefficient (Wildman–Crippen LogP) is 6.14. The molecule has 0 aromatic heterocycles. The summed E-state index contributed by atoms with van der Waals surface area (Å²) in [5, 5.41) is 0. The molecule has 23 heavy (non-hydrogen) atoms. The van der Waals surface area contributed by atoms with Crippen LogP contribution in [0.1, 0.15) is 96.3 Å². The Morgan fingerprint density at radius 2 is 0.739 bits per heavy atom. The summed E-state index contributed by atoms with van der Waals surface area (Å²) in [6.07, 6.45) is 16.9. The summed E-state index contributed by atoms with van der Waals surface area (Å²) in [5.41, 5.74) is 0. The van der Waals surface area contributed by atoms with E-state index in [0.717, 1.165) is 77.0 Å². The molecule has 0 radical (unpaired) electrons. The van der Waals surface area contributed by atoms with E-state index in [-0.39, 0.29) is 18.3 Å². The molecule has 0 spiro atoms. The molecule has 0 saturated heterocycles. The molecule has 0 heterocycles. The fraction of sp³-hybridized carbons (Fsp3) is 1.00. The number of hydrogen-bond donors (Lipinski definition) is 0. The van der Waals surface area contributed by atoms with Crippen molar-refractivity contribution < 1.29 is 18.1 Å². The van der Waals surface area contributed by atoms with Crippen molar-refractivity contribution in [1.29, 1.82) is 0 Å². The van der Waals surface area contributed by atoms with Gasteiger partial charge in [-0.3, -0.25) is 13.6 Å². The van der Waals surface area contributed by atoms with Gasteiger partial charge in [0, 0.05) is 0 Å². The number of phosphoric acid groups is 1. The van der Waals surface area contributed by atoms with E-state index in [9.17, 15) is 4.57 Å². The van der Waals surface area contributed by atoms with Crippen LogP contribution >= 0.6 is 7.82 Å². The lowest BCUT2D eigenvalue weighted by atomic mass is 9.98. The number of rotatable bonds is 6. The fourth-order valence-electron chi connectivity index (χ4n) is 4.13. The maximum atomic E-state index is 13.4. The van der Waals surface area contributed by atoms with E-state index >= 15 is 0 Å². The zero-order valence-corrected chi connectivity index (χ0v) is 15.3. The summed E-state index contributed by atoms with van der Waals surface area (Å²) in [6, 6.07) is 0. The molecule has 0 aliphatic heterocycles. The van der Waals surface area contributed by atoms with Crippen LogP contribution in [0.4, 0.5) is 0 Å². The quantitative estimate of drug-likeness (QED) is 0.543. The summed E-state index contributed by atoms with van der Waals surface area (Å²) in [5.74, 6) is 0. The summed E-state index contributed by atoms with van der Waals surface area (Å²) in [7, 11) is -3.42. The highest BCUT2D eigenvalue weighted by atomic mass is 31.2. The van der Waals surface area contributed by atoms with Crippen LogP contribution in [-0.4, -0.2) is 18.3 Å². The highest BCUT2D eigenvalue weighted by molar-refractivity contribution is 7.48. The van der Waals surface area contributed by atoms with Gasteiger partial charge in [-0.25, -0.2) is 4.57 Å². The predicted molar refractivity (Wildman–Crippen MR) is 91.5 cm³/mol. The standard InChI is InChI=1S/C18H33O4P/c19-23(20-16-10-4-1-5-11-16,21-17-12-6-2-7-13-17)22-18-14-8-3-9-15-18/h16-18H,1-15H2. The molecule has 134 valence electrons. The van der Waals surface area contributed by atoms with E-state index in [1.54, 1.807) is 0 Å². The van der Waals surface area contributed by atoms with Gasteiger partial charge in [0.1, 0.15) is 0 Å². The van der Waals surface area contributed by atoms with E-state index in [4.69, 9.17) is 13.6 Å². The SMILES string of the molecule is O=P(OC1CCCCC1)(OC1CCCCC1)OC1CCCCC1. The summed E-state index contributed by atoms with van der Waals surface area (Å²) >= 11 is 0. The summed E-state index contributed by atoms with van der Waals surface area (Å²) in [4.78, 5) is 0. The van der Waals surface area contributed by atoms with Crippen molar-refractivity contribution in [1.82, 2.24) is 0 Å². The van der Waals surface area contributed by atoms with Gasteiger partial charge in [-0.05, 0) is 38.5 Å². The molecule has 4 nitrogen and oxygen atoms in total. The van der Waals surface area contributed by atoms with Crippen LogP contribution < -0.4 is 0 Å². The molecular weight excluding hydrogens is 311 g/mol. The molecule has 0 aromatic carbocycles. The lowest BCUT2D eigenvalue weighted by molar-refractivity contribution is 0.00633. The third kappa shape index (κ3) is 5.85. The van der Waals surface area contributed by atoms with E-state index in [1.165, 1.54) is 19.3 Å². The first kappa shape index (κ1) is 17.9. The molecule has 3 aliphatic carbocycles. The number of hydrogen-bond acceptors (Lipinski definition) is 4. The average Bonchev–Trinajstić information content (AvgIpc) is 2.57. The van der Waals surface area contributed by atoms with Crippen LogP contribution in [0.25, 0.3) is 0 Å². The Bertz CT molecular complexity index is 325. The molecular formula is C18H33O4P. The lowest BCUT2D eigenvalue weighted by Gasteiger charge is -2.33. The van der Waals surface area contributed by atoms with E-state index in [2.05, 4.69) is 0 Å². The van der Waals surface area contributed by atoms with Crippen molar-refractivity contribution in [3.63, 3.8) is 0 Å². The lowest BCUT2D eigenvalue weighted by Crippen LogP contribution is -2.24. The molecule has 3 fully saturated rings. The summed E-state index contributed by atoms with van der Waals surface area (Å²) in [6.45, 7) is 0. The van der Waals surface area contributed by atoms with E-state index in [1.807, 2.05) is 0 Å². The molecule has 0 atom stereocenters. The third-order valence-corrected chi connectivity index (χ3v) is 7.16. The first-order chi connectivity index (χ1) is 11.2. The molecule has 0 amide bonds. The van der Waals surface area contributed by atoms with Crippen molar-refractivity contribution >= 4 is 7.82 Å². The van der Waals surface area contributed by atoms with Crippen LogP contribution in [0.3, 0.4) is 0 Å². The normalized spacial score (nSPS) is 26.4. The van der Waals surface area contributed by atoms with Crippen molar-refractivity contribution in [2.24, 2.45) is 0 Å². The van der Waals surface area contributed by atoms with Crippen molar-refractivity contribution in [2.45, 2.75) is 115 Å². The Labute approximate surface area is 141 Å². The van der Waals surface area contributed by atoms with Gasteiger partial charge in [0.15, 0.2) is 0 Å². The Morgan fingerprint density at radius 1 is 0.478 bits per heavy atom. The second kappa shape index (κ2) is 8.99. The summed E-state index contributed by atoms with van der Waals surface area (Å²) < 4.78 is 31.3. The molecule has 3 rings (SSSR count). The molecule has 0 unspecified atom stereocenters. The van der Waals surface area contributed by atoms with Gasteiger partial charge in [0.05, 0.1) is 18.3 Å². The van der Waals surface area contributed by atoms with Crippen LogP contribution in [0, 0.1) is 0 Å². The number of phosphoric ester groups is 1. The topological polar surface area (TPSA) is 44.8 Å². The minimum absolute atomic E-state index is 0.0572. The maximum absolute atomic E-state index is 13.4. The first-order valence-corrected chi connectivity index (χ1v) is 11.3. The molecule has 5 heteroatoms. The third-order valence-electron chi connectivity index (χ3n) is 5.49. The molecule has 0 aromatic rings. The average molecular weight is 344 g/mol. The van der Waals surface area contributed by atoms with Gasteiger partial charge in [0.2, 0.25) is 0 Å². The van der Waals surface area contributed by atoms with Crippen LogP contribution in [0.2, 0.25) is 0 Å². The highest BCUT2D eigenvalue weighted by Gasteiger charge is 2.37. The zero-order valence-electron chi connectivity index (χ0n) is 14.4. The highest BCUT2D eigenvalue weighted by Crippen LogP contribution is 2.56. The van der Waals surface area contributed by atoms with Gasteiger partial charge in [-0.15, -0.1) is 0 Å². The Kier molecular flexibility index (Phi) is 7.00. The fourth-order valence-corrected chi connectivity index (χ4v) is 6.01. The van der Waals surface area contributed by atoms with Gasteiger partial charge in [-0.1, -0.05) is 57.8 Å². The minimum atomic E-state index is -3.42. The molecule has 0 bridgehead atoms. The van der Waals surface area contributed by atoms with Gasteiger partial charge in [-0.2, -0.15) is 0 Å². The second-order valence-electron chi connectivity index (χ2n) is 7.54. The minimum Gasteiger partial charge on any atom is -0.284 e. The van der Waals surface area contributed by atoms with E-state index in [0.29, 0.717) is 0 Å². The smallest absolute Gasteiger partial charge is 0.284 e. The maximum Gasteiger partial charge on any atom is 0.475 e. The Hall–Kier alpha value is 0.110. The van der Waals surface area contributed by atoms with Crippen LogP contribution in [0.5, 0.6) is 0 Å². The Morgan fingerprint density at radius 3 is 1.00 bits per heavy atom. The molecule has 0 N–H and O–H groups in total. The van der Waals surface area contributed by atoms with Crippen molar-refractivity contribution in [2.75, 3.05) is 0 Å². The largest absolute Gasteiger partial charge is 0.475 e.